The summed E-state index contributed by atoms with van der Waals surface area (Å²) in [6.45, 7) is 6.95. The van der Waals surface area contributed by atoms with Crippen molar-refractivity contribution >= 4 is 11.8 Å². The Kier molecular flexibility index (Phi) is 5.67. The highest BCUT2D eigenvalue weighted by molar-refractivity contribution is 5.67. The molecule has 0 spiro atoms. The Morgan fingerprint density at radius 1 is 1.41 bits per heavy atom. The predicted molar refractivity (Wildman–Crippen MR) is 77.4 cm³/mol. The van der Waals surface area contributed by atoms with Crippen molar-refractivity contribution in [3.05, 3.63) is 34.1 Å². The molecule has 0 heterocycles. The number of non-ortho nitro benzene ring substituents is 1. The lowest BCUT2D eigenvalue weighted by atomic mass is 10.2. The zero-order chi connectivity index (χ0) is 16.9. The van der Waals surface area contributed by atoms with Gasteiger partial charge in [0.25, 0.3) is 5.69 Å². The molecule has 0 saturated heterocycles. The number of halogens is 1. The van der Waals surface area contributed by atoms with E-state index in [1.165, 1.54) is 0 Å². The number of nitrogens with one attached hydrogen (secondary N) is 1. The van der Waals surface area contributed by atoms with Gasteiger partial charge in [0.05, 0.1) is 23.6 Å². The zero-order valence-corrected chi connectivity index (χ0v) is 12.9. The second-order valence-corrected chi connectivity index (χ2v) is 5.71. The fraction of sp³-hybridized carbons (Fsp3) is 0.500. The number of hydrogen-bond acceptors (Lipinski definition) is 5. The number of nitrogens with zero attached hydrogens (tertiary/aromatic N) is 1. The first-order valence-corrected chi connectivity index (χ1v) is 6.65. The van der Waals surface area contributed by atoms with Crippen molar-refractivity contribution in [3.63, 3.8) is 0 Å². The summed E-state index contributed by atoms with van der Waals surface area (Å²) in [5.74, 6) is -0.748. The van der Waals surface area contributed by atoms with Gasteiger partial charge in [-0.25, -0.2) is 9.18 Å². The van der Waals surface area contributed by atoms with Gasteiger partial charge in [-0.2, -0.15) is 0 Å². The highest BCUT2D eigenvalue weighted by Gasteiger charge is 2.17. The van der Waals surface area contributed by atoms with Crippen molar-refractivity contribution in [1.82, 2.24) is 5.32 Å². The van der Waals surface area contributed by atoms with Crippen molar-refractivity contribution in [2.75, 3.05) is 6.54 Å². The van der Waals surface area contributed by atoms with Crippen molar-refractivity contribution in [2.45, 2.75) is 39.4 Å². The van der Waals surface area contributed by atoms with Gasteiger partial charge < -0.3 is 14.8 Å². The van der Waals surface area contributed by atoms with Crippen LogP contribution in [0.3, 0.4) is 0 Å². The number of carbonyl (C=O) groups is 1. The summed E-state index contributed by atoms with van der Waals surface area (Å²) in [5.41, 5.74) is -1.01. The van der Waals surface area contributed by atoms with Crippen LogP contribution in [0.1, 0.15) is 27.7 Å². The van der Waals surface area contributed by atoms with E-state index in [0.717, 1.165) is 18.2 Å². The highest BCUT2D eigenvalue weighted by Crippen LogP contribution is 2.22. The number of carbonyl (C=O) groups excluding carboxylic acids is 1. The molecule has 122 valence electrons. The van der Waals surface area contributed by atoms with Crippen LogP contribution in [-0.4, -0.2) is 29.3 Å². The lowest BCUT2D eigenvalue weighted by molar-refractivity contribution is -0.385. The number of nitro benzene ring substituents is 1. The highest BCUT2D eigenvalue weighted by atomic mass is 19.1. The number of rotatable bonds is 5. The van der Waals surface area contributed by atoms with Crippen LogP contribution in [0.2, 0.25) is 0 Å². The van der Waals surface area contributed by atoms with E-state index in [-0.39, 0.29) is 12.3 Å². The Morgan fingerprint density at radius 2 is 2.05 bits per heavy atom. The largest absolute Gasteiger partial charge is 0.489 e. The number of amides is 1. The van der Waals surface area contributed by atoms with Gasteiger partial charge in [0.2, 0.25) is 0 Å². The van der Waals surface area contributed by atoms with Crippen molar-refractivity contribution in [2.24, 2.45) is 0 Å². The Morgan fingerprint density at radius 3 is 2.59 bits per heavy atom. The van der Waals surface area contributed by atoms with E-state index in [2.05, 4.69) is 5.32 Å². The number of ether oxygens (including phenoxy) is 2. The van der Waals surface area contributed by atoms with Gasteiger partial charge in [0.1, 0.15) is 23.3 Å². The SMILES string of the molecule is C[C@H](CNC(=O)OC(C)(C)C)Oc1cc(F)cc([N+](=O)[O-])c1. The number of benzene rings is 1. The molecule has 1 amide bonds. The topological polar surface area (TPSA) is 90.7 Å². The van der Waals surface area contributed by atoms with Gasteiger partial charge in [0, 0.05) is 6.07 Å². The molecule has 1 aromatic carbocycles. The van der Waals surface area contributed by atoms with Crippen LogP contribution in [0, 0.1) is 15.9 Å². The van der Waals surface area contributed by atoms with Crippen molar-refractivity contribution in [3.8, 4) is 5.75 Å². The van der Waals surface area contributed by atoms with Crippen LogP contribution >= 0.6 is 0 Å². The molecule has 8 heteroatoms. The molecule has 0 aliphatic heterocycles. The van der Waals surface area contributed by atoms with Gasteiger partial charge in [-0.15, -0.1) is 0 Å². The molecule has 0 aliphatic rings. The van der Waals surface area contributed by atoms with Crippen molar-refractivity contribution < 1.29 is 23.6 Å². The third-order valence-corrected chi connectivity index (χ3v) is 2.34. The van der Waals surface area contributed by atoms with E-state index in [9.17, 15) is 19.3 Å². The second kappa shape index (κ2) is 7.06. The summed E-state index contributed by atoms with van der Waals surface area (Å²) in [7, 11) is 0. The molecule has 0 radical (unpaired) electrons. The van der Waals surface area contributed by atoms with E-state index in [1.807, 2.05) is 0 Å². The molecule has 1 rings (SSSR count). The summed E-state index contributed by atoms with van der Waals surface area (Å²) in [6, 6.07) is 2.96. The van der Waals surface area contributed by atoms with E-state index in [1.54, 1.807) is 27.7 Å². The number of alkyl carbamates (subject to hydrolysis) is 1. The lowest BCUT2D eigenvalue weighted by Gasteiger charge is -2.21. The van der Waals surface area contributed by atoms with E-state index in [4.69, 9.17) is 9.47 Å². The summed E-state index contributed by atoms with van der Waals surface area (Å²) < 4.78 is 23.7. The van der Waals surface area contributed by atoms with E-state index >= 15 is 0 Å². The quantitative estimate of drug-likeness (QED) is 0.666. The molecule has 0 unspecified atom stereocenters. The molecular formula is C14H19FN2O5. The van der Waals surface area contributed by atoms with E-state index in [0.29, 0.717) is 0 Å². The smallest absolute Gasteiger partial charge is 0.407 e. The molecule has 0 aliphatic carbocycles. The monoisotopic (exact) mass is 314 g/mol. The molecular weight excluding hydrogens is 295 g/mol. The Labute approximate surface area is 127 Å². The Hall–Kier alpha value is -2.38. The molecule has 0 saturated carbocycles. The minimum atomic E-state index is -0.767. The third kappa shape index (κ3) is 6.38. The normalized spacial score (nSPS) is 12.4. The van der Waals surface area contributed by atoms with Crippen LogP contribution in [-0.2, 0) is 4.74 Å². The maximum atomic E-state index is 13.3. The fourth-order valence-corrected chi connectivity index (χ4v) is 1.54. The summed E-state index contributed by atoms with van der Waals surface area (Å²) >= 11 is 0. The van der Waals surface area contributed by atoms with Gasteiger partial charge >= 0.3 is 6.09 Å². The standard InChI is InChI=1S/C14H19FN2O5/c1-9(8-16-13(18)22-14(2,3)4)21-12-6-10(15)5-11(7-12)17(19)20/h5-7,9H,8H2,1-4H3,(H,16,18)/t9-/m1/s1. The Bertz CT molecular complexity index is 557. The summed E-state index contributed by atoms with van der Waals surface area (Å²) in [5, 5.41) is 13.1. The van der Waals surface area contributed by atoms with Crippen LogP contribution in [0.25, 0.3) is 0 Å². The maximum Gasteiger partial charge on any atom is 0.407 e. The van der Waals surface area contributed by atoms with Gasteiger partial charge in [-0.05, 0) is 27.7 Å². The molecule has 7 nitrogen and oxygen atoms in total. The molecule has 1 aromatic rings. The average Bonchev–Trinajstić information content (AvgIpc) is 2.33. The van der Waals surface area contributed by atoms with Crippen LogP contribution < -0.4 is 10.1 Å². The molecule has 0 aromatic heterocycles. The minimum Gasteiger partial charge on any atom is -0.489 e. The lowest BCUT2D eigenvalue weighted by Crippen LogP contribution is -2.37. The number of nitro groups is 1. The Balaban J connectivity index is 2.57. The first-order valence-electron chi connectivity index (χ1n) is 6.65. The fourth-order valence-electron chi connectivity index (χ4n) is 1.54. The van der Waals surface area contributed by atoms with Crippen LogP contribution in [0.5, 0.6) is 5.75 Å². The van der Waals surface area contributed by atoms with E-state index < -0.39 is 34.2 Å². The zero-order valence-electron chi connectivity index (χ0n) is 12.9. The number of hydrogen-bond donors (Lipinski definition) is 1. The second-order valence-electron chi connectivity index (χ2n) is 5.71. The first kappa shape index (κ1) is 17.7. The van der Waals surface area contributed by atoms with Crippen LogP contribution in [0.15, 0.2) is 18.2 Å². The molecule has 1 N–H and O–H groups in total. The molecule has 0 bridgehead atoms. The maximum absolute atomic E-state index is 13.3. The van der Waals surface area contributed by atoms with Crippen LogP contribution in [0.4, 0.5) is 14.9 Å². The summed E-state index contributed by atoms with van der Waals surface area (Å²) in [6.07, 6.45) is -1.12. The molecule has 1 atom stereocenters. The first-order chi connectivity index (χ1) is 10.1. The third-order valence-electron chi connectivity index (χ3n) is 2.34. The van der Waals surface area contributed by atoms with Gasteiger partial charge in [-0.1, -0.05) is 0 Å². The summed E-state index contributed by atoms with van der Waals surface area (Å²) in [4.78, 5) is 21.4. The molecule has 22 heavy (non-hydrogen) atoms. The average molecular weight is 314 g/mol. The molecule has 0 fully saturated rings. The van der Waals surface area contributed by atoms with Gasteiger partial charge in [-0.3, -0.25) is 10.1 Å². The minimum absolute atomic E-state index is 0.0187. The van der Waals surface area contributed by atoms with Gasteiger partial charge in [0.15, 0.2) is 0 Å². The predicted octanol–water partition coefficient (Wildman–Crippen LogP) is 3.03. The van der Waals surface area contributed by atoms with Crippen molar-refractivity contribution in [1.29, 1.82) is 0 Å².